The molecular formula is C14H29N3O2. The van der Waals surface area contributed by atoms with Gasteiger partial charge in [0.1, 0.15) is 5.54 Å². The molecule has 2 unspecified atom stereocenters. The van der Waals surface area contributed by atoms with E-state index in [0.717, 1.165) is 13.0 Å². The van der Waals surface area contributed by atoms with E-state index in [0.29, 0.717) is 19.6 Å². The normalized spacial score (nSPS) is 29.1. The highest BCUT2D eigenvalue weighted by molar-refractivity contribution is 5.88. The quantitative estimate of drug-likeness (QED) is 0.665. The summed E-state index contributed by atoms with van der Waals surface area (Å²) in [6, 6.07) is 0. The van der Waals surface area contributed by atoms with Crippen LogP contribution < -0.4 is 11.1 Å². The predicted molar refractivity (Wildman–Crippen MR) is 76.9 cm³/mol. The average molecular weight is 271 g/mol. The molecule has 1 aliphatic rings. The third kappa shape index (κ3) is 3.27. The number of carbonyl (C=O) groups is 1. The monoisotopic (exact) mass is 271 g/mol. The molecule has 0 spiro atoms. The molecule has 1 amide bonds. The standard InChI is InChI=1S/C14H29N3O2/c1-6-19-11-10-14(15,13(11,2)3)12(18)16-8-7-9-17(4)5/h11H,6-10,15H2,1-5H3,(H,16,18). The molecule has 2 atom stereocenters. The first-order chi connectivity index (χ1) is 8.75. The van der Waals surface area contributed by atoms with Gasteiger partial charge in [-0.25, -0.2) is 0 Å². The van der Waals surface area contributed by atoms with E-state index in [9.17, 15) is 4.79 Å². The zero-order chi connectivity index (χ0) is 14.7. The van der Waals surface area contributed by atoms with Crippen molar-refractivity contribution in [3.05, 3.63) is 0 Å². The van der Waals surface area contributed by atoms with Crippen LogP contribution in [0.5, 0.6) is 0 Å². The van der Waals surface area contributed by atoms with Gasteiger partial charge in [-0.05, 0) is 34.0 Å². The fraction of sp³-hybridized carbons (Fsp3) is 0.929. The van der Waals surface area contributed by atoms with Gasteiger partial charge in [-0.1, -0.05) is 13.8 Å². The molecule has 5 nitrogen and oxygen atoms in total. The van der Waals surface area contributed by atoms with Gasteiger partial charge in [0.2, 0.25) is 5.91 Å². The molecule has 1 rings (SSSR count). The molecule has 1 saturated carbocycles. The van der Waals surface area contributed by atoms with Crippen LogP contribution in [0.3, 0.4) is 0 Å². The number of rotatable bonds is 7. The number of nitrogens with zero attached hydrogens (tertiary/aromatic N) is 1. The van der Waals surface area contributed by atoms with Crippen LogP contribution in [0.1, 0.15) is 33.6 Å². The predicted octanol–water partition coefficient (Wildman–Crippen LogP) is 0.587. The largest absolute Gasteiger partial charge is 0.378 e. The maximum atomic E-state index is 12.3. The van der Waals surface area contributed by atoms with Crippen molar-refractivity contribution in [1.29, 1.82) is 0 Å². The topological polar surface area (TPSA) is 67.6 Å². The van der Waals surface area contributed by atoms with Gasteiger partial charge in [0.15, 0.2) is 0 Å². The Bertz CT molecular complexity index is 318. The molecule has 1 fully saturated rings. The molecule has 0 aromatic rings. The van der Waals surface area contributed by atoms with E-state index < -0.39 is 5.54 Å². The Hall–Kier alpha value is -0.650. The first-order valence-corrected chi connectivity index (χ1v) is 7.09. The van der Waals surface area contributed by atoms with Gasteiger partial charge in [0.25, 0.3) is 0 Å². The minimum atomic E-state index is -0.801. The number of hydrogen-bond acceptors (Lipinski definition) is 4. The third-order valence-electron chi connectivity index (χ3n) is 4.30. The number of ether oxygens (including phenoxy) is 1. The van der Waals surface area contributed by atoms with Crippen LogP contribution in [-0.2, 0) is 9.53 Å². The van der Waals surface area contributed by atoms with E-state index in [2.05, 4.69) is 10.2 Å². The Kier molecular flexibility index (Phi) is 5.35. The van der Waals surface area contributed by atoms with Gasteiger partial charge in [-0.3, -0.25) is 4.79 Å². The second-order valence-corrected chi connectivity index (χ2v) is 6.25. The van der Waals surface area contributed by atoms with Gasteiger partial charge >= 0.3 is 0 Å². The summed E-state index contributed by atoms with van der Waals surface area (Å²) in [5, 5.41) is 2.95. The molecule has 19 heavy (non-hydrogen) atoms. The average Bonchev–Trinajstić information content (AvgIpc) is 2.33. The number of nitrogens with two attached hydrogens (primary N) is 1. The van der Waals surface area contributed by atoms with Crippen molar-refractivity contribution in [3.63, 3.8) is 0 Å². The molecule has 112 valence electrons. The van der Waals surface area contributed by atoms with Gasteiger partial charge < -0.3 is 20.7 Å². The van der Waals surface area contributed by atoms with Crippen LogP contribution in [-0.4, -0.2) is 56.2 Å². The Morgan fingerprint density at radius 1 is 1.47 bits per heavy atom. The van der Waals surface area contributed by atoms with Crippen LogP contribution in [0.25, 0.3) is 0 Å². The summed E-state index contributed by atoms with van der Waals surface area (Å²) >= 11 is 0. The summed E-state index contributed by atoms with van der Waals surface area (Å²) in [6.45, 7) is 8.28. The first kappa shape index (κ1) is 16.4. The number of nitrogens with one attached hydrogen (secondary N) is 1. The van der Waals surface area contributed by atoms with Crippen molar-refractivity contribution in [2.45, 2.75) is 45.3 Å². The van der Waals surface area contributed by atoms with Gasteiger partial charge in [0.05, 0.1) is 6.10 Å². The van der Waals surface area contributed by atoms with E-state index in [1.54, 1.807) is 0 Å². The smallest absolute Gasteiger partial charge is 0.240 e. The lowest BCUT2D eigenvalue weighted by Gasteiger charge is -2.57. The highest BCUT2D eigenvalue weighted by Gasteiger charge is 2.62. The first-order valence-electron chi connectivity index (χ1n) is 7.09. The van der Waals surface area contributed by atoms with E-state index in [1.807, 2.05) is 34.9 Å². The molecular weight excluding hydrogens is 242 g/mol. The molecule has 0 aliphatic heterocycles. The molecule has 5 heteroatoms. The van der Waals surface area contributed by atoms with Gasteiger partial charge in [0, 0.05) is 25.0 Å². The van der Waals surface area contributed by atoms with Crippen molar-refractivity contribution >= 4 is 5.91 Å². The fourth-order valence-corrected chi connectivity index (χ4v) is 2.58. The second kappa shape index (κ2) is 6.20. The van der Waals surface area contributed by atoms with Crippen molar-refractivity contribution < 1.29 is 9.53 Å². The summed E-state index contributed by atoms with van der Waals surface area (Å²) < 4.78 is 5.63. The number of hydrogen-bond donors (Lipinski definition) is 2. The van der Waals surface area contributed by atoms with Crippen molar-refractivity contribution in [2.75, 3.05) is 33.8 Å². The summed E-state index contributed by atoms with van der Waals surface area (Å²) in [5.74, 6) is -0.0489. The van der Waals surface area contributed by atoms with E-state index in [4.69, 9.17) is 10.5 Å². The molecule has 0 bridgehead atoms. The second-order valence-electron chi connectivity index (χ2n) is 6.25. The molecule has 3 N–H and O–H groups in total. The third-order valence-corrected chi connectivity index (χ3v) is 4.30. The lowest BCUT2D eigenvalue weighted by atomic mass is 9.54. The van der Waals surface area contributed by atoms with Crippen molar-refractivity contribution in [2.24, 2.45) is 11.1 Å². The zero-order valence-corrected chi connectivity index (χ0v) is 13.0. The Labute approximate surface area is 116 Å². The highest BCUT2D eigenvalue weighted by atomic mass is 16.5. The maximum Gasteiger partial charge on any atom is 0.240 e. The van der Waals surface area contributed by atoms with Crippen LogP contribution in [0.15, 0.2) is 0 Å². The number of amides is 1. The van der Waals surface area contributed by atoms with Crippen LogP contribution >= 0.6 is 0 Å². The van der Waals surface area contributed by atoms with E-state index in [1.165, 1.54) is 0 Å². The van der Waals surface area contributed by atoms with Crippen molar-refractivity contribution in [3.8, 4) is 0 Å². The summed E-state index contributed by atoms with van der Waals surface area (Å²) in [6.07, 6.45) is 1.62. The SMILES string of the molecule is CCOC1CC(N)(C(=O)NCCCN(C)C)C1(C)C. The lowest BCUT2D eigenvalue weighted by Crippen LogP contribution is -2.75. The molecule has 0 aromatic heterocycles. The van der Waals surface area contributed by atoms with E-state index in [-0.39, 0.29) is 17.4 Å². The zero-order valence-electron chi connectivity index (χ0n) is 13.0. The fourth-order valence-electron chi connectivity index (χ4n) is 2.58. The van der Waals surface area contributed by atoms with Crippen molar-refractivity contribution in [1.82, 2.24) is 10.2 Å². The Morgan fingerprint density at radius 3 is 2.58 bits per heavy atom. The van der Waals surface area contributed by atoms with E-state index >= 15 is 0 Å². The molecule has 0 radical (unpaired) electrons. The van der Waals surface area contributed by atoms with Crippen LogP contribution in [0, 0.1) is 5.41 Å². The van der Waals surface area contributed by atoms with Crippen LogP contribution in [0.4, 0.5) is 0 Å². The molecule has 1 aliphatic carbocycles. The highest BCUT2D eigenvalue weighted by Crippen LogP contribution is 2.49. The lowest BCUT2D eigenvalue weighted by molar-refractivity contribution is -0.170. The molecule has 0 aromatic carbocycles. The minimum Gasteiger partial charge on any atom is -0.378 e. The van der Waals surface area contributed by atoms with Crippen LogP contribution in [0.2, 0.25) is 0 Å². The number of carbonyl (C=O) groups excluding carboxylic acids is 1. The van der Waals surface area contributed by atoms with Gasteiger partial charge in [-0.15, -0.1) is 0 Å². The summed E-state index contributed by atoms with van der Waals surface area (Å²) in [4.78, 5) is 14.4. The molecule has 0 saturated heterocycles. The maximum absolute atomic E-state index is 12.3. The summed E-state index contributed by atoms with van der Waals surface area (Å²) in [5.41, 5.74) is 5.17. The minimum absolute atomic E-state index is 0.0489. The summed E-state index contributed by atoms with van der Waals surface area (Å²) in [7, 11) is 4.04. The Morgan fingerprint density at radius 2 is 2.11 bits per heavy atom. The Balaban J connectivity index is 2.44. The van der Waals surface area contributed by atoms with Gasteiger partial charge in [-0.2, -0.15) is 0 Å². The molecule has 0 heterocycles.